The number of aromatic nitrogens is 5. The van der Waals surface area contributed by atoms with Gasteiger partial charge in [0, 0.05) is 31.0 Å². The summed E-state index contributed by atoms with van der Waals surface area (Å²) < 4.78 is 0. The summed E-state index contributed by atoms with van der Waals surface area (Å²) in [5.41, 5.74) is 4.42. The average molecular weight is 532 g/mol. The minimum absolute atomic E-state index is 0.181. The lowest BCUT2D eigenvalue weighted by Crippen LogP contribution is -2.44. The van der Waals surface area contributed by atoms with Crippen molar-refractivity contribution >= 4 is 11.8 Å². The molecule has 0 aliphatic carbocycles. The first-order chi connectivity index (χ1) is 19.6. The van der Waals surface area contributed by atoms with Gasteiger partial charge in [-0.25, -0.2) is 0 Å². The predicted molar refractivity (Wildman–Crippen MR) is 150 cm³/mol. The number of tetrazole rings is 1. The summed E-state index contributed by atoms with van der Waals surface area (Å²) >= 11 is 0. The fourth-order valence-electron chi connectivity index (χ4n) is 4.34. The lowest BCUT2D eigenvalue weighted by molar-refractivity contribution is -0.142. The van der Waals surface area contributed by atoms with Crippen LogP contribution < -0.4 is 5.32 Å². The summed E-state index contributed by atoms with van der Waals surface area (Å²) in [5.74, 6) is -0.201. The number of aryl methyl sites for hydroxylation is 1. The second-order valence-corrected chi connectivity index (χ2v) is 9.40. The van der Waals surface area contributed by atoms with Gasteiger partial charge in [-0.1, -0.05) is 90.5 Å². The number of carbonyl (C=O) groups is 2. The number of benzene rings is 3. The van der Waals surface area contributed by atoms with Crippen molar-refractivity contribution in [3.8, 4) is 11.4 Å². The van der Waals surface area contributed by atoms with E-state index in [1.807, 2.05) is 91.9 Å². The Morgan fingerprint density at radius 2 is 1.50 bits per heavy atom. The standard InChI is InChI=1S/C31H29N7O2/c1-23-12-14-27(15-13-23)30-34-36-38(35-30)22-28(39)37(21-25-10-6-3-7-11-25)29(26-16-18-32-19-17-26)31(40)33-20-24-8-4-2-5-9-24/h2-19,29H,20-22H2,1H3,(H,33,40)/t29-/m1/s1. The van der Waals surface area contributed by atoms with Crippen molar-refractivity contribution in [3.63, 3.8) is 0 Å². The number of pyridine rings is 1. The van der Waals surface area contributed by atoms with Crippen LogP contribution >= 0.6 is 0 Å². The number of nitrogens with one attached hydrogen (secondary N) is 1. The third-order valence-electron chi connectivity index (χ3n) is 6.45. The fourth-order valence-corrected chi connectivity index (χ4v) is 4.34. The molecule has 3 aromatic carbocycles. The third kappa shape index (κ3) is 6.63. The Balaban J connectivity index is 1.44. The van der Waals surface area contributed by atoms with Crippen LogP contribution in [0.5, 0.6) is 0 Å². The second kappa shape index (κ2) is 12.6. The van der Waals surface area contributed by atoms with Crippen molar-refractivity contribution in [3.05, 3.63) is 132 Å². The van der Waals surface area contributed by atoms with E-state index in [1.165, 1.54) is 4.80 Å². The molecule has 9 heteroatoms. The molecule has 9 nitrogen and oxygen atoms in total. The molecule has 0 saturated heterocycles. The van der Waals surface area contributed by atoms with Crippen LogP contribution in [0.2, 0.25) is 0 Å². The highest BCUT2D eigenvalue weighted by atomic mass is 16.2. The van der Waals surface area contributed by atoms with Gasteiger partial charge in [-0.2, -0.15) is 4.80 Å². The third-order valence-corrected chi connectivity index (χ3v) is 6.45. The van der Waals surface area contributed by atoms with Crippen LogP contribution in [0.1, 0.15) is 28.3 Å². The molecular formula is C31H29N7O2. The summed E-state index contributed by atoms with van der Waals surface area (Å²) in [7, 11) is 0. The Labute approximate surface area is 232 Å². The Hall–Kier alpha value is -5.18. The van der Waals surface area contributed by atoms with Gasteiger partial charge < -0.3 is 10.2 Å². The van der Waals surface area contributed by atoms with E-state index in [0.717, 1.165) is 22.3 Å². The van der Waals surface area contributed by atoms with Gasteiger partial charge in [0.25, 0.3) is 0 Å². The largest absolute Gasteiger partial charge is 0.350 e. The van der Waals surface area contributed by atoms with E-state index in [4.69, 9.17) is 0 Å². The van der Waals surface area contributed by atoms with E-state index >= 15 is 0 Å². The van der Waals surface area contributed by atoms with Gasteiger partial charge >= 0.3 is 0 Å². The zero-order chi connectivity index (χ0) is 27.7. The van der Waals surface area contributed by atoms with E-state index in [2.05, 4.69) is 25.7 Å². The zero-order valence-electron chi connectivity index (χ0n) is 22.1. The number of rotatable bonds is 10. The van der Waals surface area contributed by atoms with Crippen LogP contribution in [0.3, 0.4) is 0 Å². The topological polar surface area (TPSA) is 106 Å². The Morgan fingerprint density at radius 1 is 0.850 bits per heavy atom. The number of hydrogen-bond acceptors (Lipinski definition) is 6. The minimum Gasteiger partial charge on any atom is -0.350 e. The first-order valence-electron chi connectivity index (χ1n) is 13.0. The van der Waals surface area contributed by atoms with Gasteiger partial charge in [-0.15, -0.1) is 10.2 Å². The maximum absolute atomic E-state index is 13.9. The number of nitrogens with zero attached hydrogens (tertiary/aromatic N) is 6. The predicted octanol–water partition coefficient (Wildman–Crippen LogP) is 4.13. The first-order valence-corrected chi connectivity index (χ1v) is 13.0. The minimum atomic E-state index is -0.903. The summed E-state index contributed by atoms with van der Waals surface area (Å²) in [5, 5.41) is 15.7. The van der Waals surface area contributed by atoms with Crippen LogP contribution in [-0.2, 0) is 29.2 Å². The molecule has 40 heavy (non-hydrogen) atoms. The van der Waals surface area contributed by atoms with Crippen molar-refractivity contribution in [1.29, 1.82) is 0 Å². The first kappa shape index (κ1) is 26.4. The van der Waals surface area contributed by atoms with E-state index in [0.29, 0.717) is 17.9 Å². The van der Waals surface area contributed by atoms with E-state index in [9.17, 15) is 9.59 Å². The van der Waals surface area contributed by atoms with Crippen molar-refractivity contribution in [2.24, 2.45) is 0 Å². The molecule has 2 aromatic heterocycles. The monoisotopic (exact) mass is 531 g/mol. The number of amides is 2. The lowest BCUT2D eigenvalue weighted by atomic mass is 10.0. The highest BCUT2D eigenvalue weighted by molar-refractivity contribution is 5.88. The molecule has 1 atom stereocenters. The normalized spacial score (nSPS) is 11.5. The molecule has 2 heterocycles. The number of carbonyl (C=O) groups excluding carboxylic acids is 2. The molecule has 1 N–H and O–H groups in total. The molecule has 0 saturated carbocycles. The van der Waals surface area contributed by atoms with Crippen LogP contribution in [0.25, 0.3) is 11.4 Å². The van der Waals surface area contributed by atoms with Gasteiger partial charge in [0.15, 0.2) is 0 Å². The smallest absolute Gasteiger partial charge is 0.247 e. The van der Waals surface area contributed by atoms with Gasteiger partial charge in [0.05, 0.1) is 0 Å². The van der Waals surface area contributed by atoms with E-state index in [-0.39, 0.29) is 24.9 Å². The molecule has 5 rings (SSSR count). The Kier molecular flexibility index (Phi) is 8.31. The van der Waals surface area contributed by atoms with E-state index < -0.39 is 6.04 Å². The molecule has 0 unspecified atom stereocenters. The molecule has 0 fully saturated rings. The van der Waals surface area contributed by atoms with Gasteiger partial charge in [-0.05, 0) is 41.0 Å². The van der Waals surface area contributed by atoms with Crippen LogP contribution in [0.15, 0.2) is 109 Å². The van der Waals surface area contributed by atoms with Crippen LogP contribution in [0.4, 0.5) is 0 Å². The second-order valence-electron chi connectivity index (χ2n) is 9.40. The van der Waals surface area contributed by atoms with Crippen molar-refractivity contribution in [1.82, 2.24) is 35.4 Å². The maximum atomic E-state index is 13.9. The highest BCUT2D eigenvalue weighted by Crippen LogP contribution is 2.24. The summed E-state index contributed by atoms with van der Waals surface area (Å²) in [6.45, 7) is 2.37. The molecule has 0 spiro atoms. The average Bonchev–Trinajstić information content (AvgIpc) is 3.46. The maximum Gasteiger partial charge on any atom is 0.247 e. The van der Waals surface area contributed by atoms with Crippen molar-refractivity contribution in [2.45, 2.75) is 32.6 Å². The molecule has 200 valence electrons. The van der Waals surface area contributed by atoms with Crippen molar-refractivity contribution in [2.75, 3.05) is 0 Å². The molecule has 0 aliphatic rings. The molecule has 5 aromatic rings. The summed E-state index contributed by atoms with van der Waals surface area (Å²) in [4.78, 5) is 34.6. The van der Waals surface area contributed by atoms with E-state index in [1.54, 1.807) is 29.4 Å². The summed E-state index contributed by atoms with van der Waals surface area (Å²) in [6.07, 6.45) is 3.23. The lowest BCUT2D eigenvalue weighted by Gasteiger charge is -2.31. The zero-order valence-corrected chi connectivity index (χ0v) is 22.1. The summed E-state index contributed by atoms with van der Waals surface area (Å²) in [6, 6.07) is 29.6. The Morgan fingerprint density at radius 3 is 2.17 bits per heavy atom. The molecule has 0 aliphatic heterocycles. The van der Waals surface area contributed by atoms with Crippen LogP contribution in [0, 0.1) is 6.92 Å². The Bertz CT molecular complexity index is 1540. The molecule has 0 bridgehead atoms. The molecular weight excluding hydrogens is 502 g/mol. The molecule has 2 amide bonds. The highest BCUT2D eigenvalue weighted by Gasteiger charge is 2.32. The number of hydrogen-bond donors (Lipinski definition) is 1. The molecule has 0 radical (unpaired) electrons. The van der Waals surface area contributed by atoms with Gasteiger partial charge in [0.1, 0.15) is 12.6 Å². The van der Waals surface area contributed by atoms with Crippen LogP contribution in [-0.4, -0.2) is 41.9 Å². The SMILES string of the molecule is Cc1ccc(-c2nnn(CC(=O)N(Cc3ccccc3)[C@@H](C(=O)NCc3ccccc3)c3ccncc3)n2)cc1. The fraction of sp³-hybridized carbons (Fsp3) is 0.161. The van der Waals surface area contributed by atoms with Crippen molar-refractivity contribution < 1.29 is 9.59 Å². The quantitative estimate of drug-likeness (QED) is 0.291. The van der Waals surface area contributed by atoms with Gasteiger partial charge in [-0.3, -0.25) is 14.6 Å². The van der Waals surface area contributed by atoms with Gasteiger partial charge in [0.2, 0.25) is 17.6 Å².